The molecule has 0 radical (unpaired) electrons. The molecule has 1 rings (SSSR count). The molecule has 0 heterocycles. The molecule has 0 spiro atoms. The van der Waals surface area contributed by atoms with Crippen molar-refractivity contribution in [3.63, 3.8) is 0 Å². The monoisotopic (exact) mass is 220 g/mol. The Bertz CT molecular complexity index is 321. The number of hydrogen-bond donors (Lipinski definition) is 1. The van der Waals surface area contributed by atoms with E-state index in [9.17, 15) is 0 Å². The van der Waals surface area contributed by atoms with Crippen LogP contribution < -0.4 is 5.73 Å². The molecule has 0 aliphatic heterocycles. The van der Waals surface area contributed by atoms with Crippen molar-refractivity contribution in [3.05, 3.63) is 29.3 Å². The minimum atomic E-state index is 0.907. The fourth-order valence-corrected chi connectivity index (χ4v) is 1.85. The first-order valence-corrected chi connectivity index (χ1v) is 6.25. The lowest BCUT2D eigenvalue weighted by Gasteiger charge is -2.21. The summed E-state index contributed by atoms with van der Waals surface area (Å²) in [6.07, 6.45) is 2.53. The van der Waals surface area contributed by atoms with Gasteiger partial charge in [0.25, 0.3) is 0 Å². The molecule has 0 aromatic heterocycles. The van der Waals surface area contributed by atoms with Gasteiger partial charge >= 0.3 is 0 Å². The second kappa shape index (κ2) is 6.54. The quantitative estimate of drug-likeness (QED) is 0.746. The maximum atomic E-state index is 5.92. The summed E-state index contributed by atoms with van der Waals surface area (Å²) in [6, 6.07) is 6.20. The predicted molar refractivity (Wildman–Crippen MR) is 71.5 cm³/mol. The zero-order valence-electron chi connectivity index (χ0n) is 10.8. The molecule has 2 heteroatoms. The van der Waals surface area contributed by atoms with Crippen LogP contribution in [0.25, 0.3) is 0 Å². The average Bonchev–Trinajstić information content (AvgIpc) is 2.30. The molecule has 1 aromatic carbocycles. The average molecular weight is 220 g/mol. The molecule has 0 bridgehead atoms. The Morgan fingerprint density at radius 2 is 2.00 bits per heavy atom. The van der Waals surface area contributed by atoms with Crippen LogP contribution in [0.4, 0.5) is 5.69 Å². The van der Waals surface area contributed by atoms with Crippen LogP contribution in [0.3, 0.4) is 0 Å². The molecule has 0 amide bonds. The number of nitrogens with zero attached hydrogens (tertiary/aromatic N) is 1. The summed E-state index contributed by atoms with van der Waals surface area (Å²) in [5, 5.41) is 0. The van der Waals surface area contributed by atoms with E-state index in [4.69, 9.17) is 5.73 Å². The van der Waals surface area contributed by atoms with Crippen molar-refractivity contribution < 1.29 is 0 Å². The second-order valence-corrected chi connectivity index (χ2v) is 4.35. The first-order chi connectivity index (χ1) is 7.69. The highest BCUT2D eigenvalue weighted by Crippen LogP contribution is 2.17. The molecular weight excluding hydrogens is 196 g/mol. The fraction of sp³-hybridized carbons (Fsp3) is 0.571. The molecule has 0 fully saturated rings. The lowest BCUT2D eigenvalue weighted by molar-refractivity contribution is 0.275. The van der Waals surface area contributed by atoms with Crippen molar-refractivity contribution >= 4 is 5.69 Å². The van der Waals surface area contributed by atoms with E-state index >= 15 is 0 Å². The summed E-state index contributed by atoms with van der Waals surface area (Å²) in [7, 11) is 0. The molecule has 1 aromatic rings. The molecule has 0 aliphatic rings. The van der Waals surface area contributed by atoms with Gasteiger partial charge in [-0.3, -0.25) is 4.90 Å². The number of unbranched alkanes of at least 4 members (excludes halogenated alkanes) is 1. The number of nitrogens with two attached hydrogens (primary N) is 1. The number of nitrogen functional groups attached to an aromatic ring is 1. The van der Waals surface area contributed by atoms with Crippen LogP contribution in [0.5, 0.6) is 0 Å². The smallest absolute Gasteiger partial charge is 0.0346 e. The van der Waals surface area contributed by atoms with Gasteiger partial charge in [-0.2, -0.15) is 0 Å². The molecule has 2 nitrogen and oxygen atoms in total. The Kier molecular flexibility index (Phi) is 5.33. The minimum Gasteiger partial charge on any atom is -0.399 e. The van der Waals surface area contributed by atoms with E-state index in [2.05, 4.69) is 31.7 Å². The van der Waals surface area contributed by atoms with E-state index < -0.39 is 0 Å². The van der Waals surface area contributed by atoms with Crippen LogP contribution in [0.15, 0.2) is 18.2 Å². The van der Waals surface area contributed by atoms with Crippen LogP contribution >= 0.6 is 0 Å². The van der Waals surface area contributed by atoms with Gasteiger partial charge in [0.15, 0.2) is 0 Å². The van der Waals surface area contributed by atoms with E-state index in [1.54, 1.807) is 0 Å². The number of benzene rings is 1. The van der Waals surface area contributed by atoms with Gasteiger partial charge in [0.1, 0.15) is 0 Å². The minimum absolute atomic E-state index is 0.907. The predicted octanol–water partition coefficient (Wildman–Crippen LogP) is 3.20. The van der Waals surface area contributed by atoms with E-state index in [1.807, 2.05) is 12.1 Å². The van der Waals surface area contributed by atoms with Crippen LogP contribution in [0.2, 0.25) is 0 Å². The Balaban J connectivity index is 2.66. The summed E-state index contributed by atoms with van der Waals surface area (Å²) in [4.78, 5) is 2.48. The van der Waals surface area contributed by atoms with E-state index in [1.165, 1.54) is 30.5 Å². The standard InChI is InChI=1S/C14H24N2/c1-4-6-10-16(5-2)11-13-8-7-9-14(15)12(13)3/h7-9H,4-6,10-11,15H2,1-3H3. The largest absolute Gasteiger partial charge is 0.399 e. The van der Waals surface area contributed by atoms with E-state index in [-0.39, 0.29) is 0 Å². The molecule has 2 N–H and O–H groups in total. The molecule has 0 unspecified atom stereocenters. The third-order valence-corrected chi connectivity index (χ3v) is 3.16. The van der Waals surface area contributed by atoms with Gasteiger partial charge in [-0.15, -0.1) is 0 Å². The lowest BCUT2D eigenvalue weighted by Crippen LogP contribution is -2.24. The van der Waals surface area contributed by atoms with Gasteiger partial charge in [-0.05, 0) is 43.6 Å². The van der Waals surface area contributed by atoms with Gasteiger partial charge in [0.05, 0.1) is 0 Å². The summed E-state index contributed by atoms with van der Waals surface area (Å²) >= 11 is 0. The number of anilines is 1. The highest BCUT2D eigenvalue weighted by Gasteiger charge is 2.06. The van der Waals surface area contributed by atoms with Gasteiger partial charge in [-0.25, -0.2) is 0 Å². The molecule has 90 valence electrons. The van der Waals surface area contributed by atoms with Crippen molar-refractivity contribution in [1.29, 1.82) is 0 Å². The van der Waals surface area contributed by atoms with Gasteiger partial charge in [-0.1, -0.05) is 32.4 Å². The Hall–Kier alpha value is -1.02. The highest BCUT2D eigenvalue weighted by atomic mass is 15.1. The summed E-state index contributed by atoms with van der Waals surface area (Å²) in [5.74, 6) is 0. The van der Waals surface area contributed by atoms with Crippen molar-refractivity contribution in [2.24, 2.45) is 0 Å². The van der Waals surface area contributed by atoms with Crippen LogP contribution in [-0.2, 0) is 6.54 Å². The molecule has 0 atom stereocenters. The third kappa shape index (κ3) is 3.53. The highest BCUT2D eigenvalue weighted by molar-refractivity contribution is 5.49. The van der Waals surface area contributed by atoms with Crippen LogP contribution in [0.1, 0.15) is 37.8 Å². The molecular formula is C14H24N2. The summed E-state index contributed by atoms with van der Waals surface area (Å²) in [5.41, 5.74) is 9.42. The number of rotatable bonds is 6. The normalized spacial score (nSPS) is 11.0. The third-order valence-electron chi connectivity index (χ3n) is 3.16. The molecule has 0 saturated heterocycles. The summed E-state index contributed by atoms with van der Waals surface area (Å²) in [6.45, 7) is 9.87. The molecule has 0 aliphatic carbocycles. The van der Waals surface area contributed by atoms with E-state index in [0.717, 1.165) is 18.8 Å². The topological polar surface area (TPSA) is 29.3 Å². The lowest BCUT2D eigenvalue weighted by atomic mass is 10.1. The first-order valence-electron chi connectivity index (χ1n) is 6.25. The second-order valence-electron chi connectivity index (χ2n) is 4.35. The number of hydrogen-bond acceptors (Lipinski definition) is 2. The SMILES string of the molecule is CCCCN(CC)Cc1cccc(N)c1C. The van der Waals surface area contributed by atoms with Crippen molar-refractivity contribution in [2.75, 3.05) is 18.8 Å². The first kappa shape index (κ1) is 13.0. The Labute approximate surface area is 99.5 Å². The van der Waals surface area contributed by atoms with Crippen molar-refractivity contribution in [1.82, 2.24) is 4.90 Å². The Morgan fingerprint density at radius 3 is 2.62 bits per heavy atom. The zero-order valence-corrected chi connectivity index (χ0v) is 10.8. The van der Waals surface area contributed by atoms with Gasteiger partial charge in [0, 0.05) is 12.2 Å². The van der Waals surface area contributed by atoms with Crippen LogP contribution in [0, 0.1) is 6.92 Å². The molecule has 0 saturated carbocycles. The van der Waals surface area contributed by atoms with Gasteiger partial charge in [0.2, 0.25) is 0 Å². The summed E-state index contributed by atoms with van der Waals surface area (Å²) < 4.78 is 0. The maximum Gasteiger partial charge on any atom is 0.0346 e. The van der Waals surface area contributed by atoms with Crippen LogP contribution in [-0.4, -0.2) is 18.0 Å². The van der Waals surface area contributed by atoms with Gasteiger partial charge < -0.3 is 5.73 Å². The maximum absolute atomic E-state index is 5.92. The van der Waals surface area contributed by atoms with Crippen molar-refractivity contribution in [2.45, 2.75) is 40.2 Å². The molecule has 16 heavy (non-hydrogen) atoms. The fourth-order valence-electron chi connectivity index (χ4n) is 1.85. The van der Waals surface area contributed by atoms with Crippen molar-refractivity contribution in [3.8, 4) is 0 Å². The Morgan fingerprint density at radius 1 is 1.25 bits per heavy atom. The zero-order chi connectivity index (χ0) is 12.0. The van der Waals surface area contributed by atoms with E-state index in [0.29, 0.717) is 0 Å².